The van der Waals surface area contributed by atoms with Crippen molar-refractivity contribution in [1.82, 2.24) is 5.01 Å². The second-order valence-corrected chi connectivity index (χ2v) is 6.91. The van der Waals surface area contributed by atoms with Gasteiger partial charge in [0.15, 0.2) is 0 Å². The van der Waals surface area contributed by atoms with Crippen LogP contribution in [0.1, 0.15) is 42.0 Å². The first-order valence-corrected chi connectivity index (χ1v) is 9.32. The Morgan fingerprint density at radius 2 is 1.79 bits per heavy atom. The molecule has 0 fully saturated rings. The monoisotopic (exact) mass is 396 g/mol. The summed E-state index contributed by atoms with van der Waals surface area (Å²) in [5.41, 5.74) is 3.56. The largest absolute Gasteiger partial charge is 0.497 e. The number of ether oxygens (including phenoxy) is 2. The van der Waals surface area contributed by atoms with Crippen molar-refractivity contribution in [3.05, 3.63) is 59.2 Å². The summed E-state index contributed by atoms with van der Waals surface area (Å²) in [7, 11) is 3.15. The molecule has 0 aromatic heterocycles. The average molecular weight is 396 g/mol. The lowest BCUT2D eigenvalue weighted by molar-refractivity contribution is -0.141. The lowest BCUT2D eigenvalue weighted by Gasteiger charge is -2.22. The molecule has 0 radical (unpaired) electrons. The number of amides is 1. The van der Waals surface area contributed by atoms with Gasteiger partial charge in [-0.2, -0.15) is 5.10 Å². The van der Waals surface area contributed by atoms with Crippen LogP contribution in [0.25, 0.3) is 0 Å². The maximum absolute atomic E-state index is 12.7. The van der Waals surface area contributed by atoms with Crippen LogP contribution in [0.5, 0.6) is 11.5 Å². The van der Waals surface area contributed by atoms with E-state index >= 15 is 0 Å². The number of carboxylic acids is 1. The molecule has 152 valence electrons. The van der Waals surface area contributed by atoms with Crippen LogP contribution in [0.3, 0.4) is 0 Å². The summed E-state index contributed by atoms with van der Waals surface area (Å²) in [6.45, 7) is 1.99. The number of carbonyl (C=O) groups excluding carboxylic acids is 1. The van der Waals surface area contributed by atoms with Gasteiger partial charge in [-0.05, 0) is 24.6 Å². The Hall–Kier alpha value is -3.35. The molecule has 0 bridgehead atoms. The smallest absolute Gasteiger partial charge is 0.303 e. The summed E-state index contributed by atoms with van der Waals surface area (Å²) in [6.07, 6.45) is 0.183. The third kappa shape index (κ3) is 4.74. The number of nitrogens with zero attached hydrogens (tertiary/aromatic N) is 2. The maximum atomic E-state index is 12.7. The van der Waals surface area contributed by atoms with E-state index in [4.69, 9.17) is 14.6 Å². The third-order valence-corrected chi connectivity index (χ3v) is 4.83. The zero-order valence-corrected chi connectivity index (χ0v) is 16.7. The molecule has 7 nitrogen and oxygen atoms in total. The number of methoxy groups -OCH3 is 2. The molecule has 0 saturated heterocycles. The van der Waals surface area contributed by atoms with Gasteiger partial charge in [-0.25, -0.2) is 5.01 Å². The Balaban J connectivity index is 1.97. The minimum atomic E-state index is -1.01. The lowest BCUT2D eigenvalue weighted by Crippen LogP contribution is -2.27. The van der Waals surface area contributed by atoms with Crippen molar-refractivity contribution in [2.24, 2.45) is 5.10 Å². The van der Waals surface area contributed by atoms with Crippen molar-refractivity contribution in [3.63, 3.8) is 0 Å². The van der Waals surface area contributed by atoms with Crippen LogP contribution in [-0.2, 0) is 9.59 Å². The van der Waals surface area contributed by atoms with Crippen LogP contribution >= 0.6 is 0 Å². The topological polar surface area (TPSA) is 88.4 Å². The molecular weight excluding hydrogens is 372 g/mol. The predicted octanol–water partition coefficient (Wildman–Crippen LogP) is 3.55. The van der Waals surface area contributed by atoms with Crippen LogP contribution < -0.4 is 9.47 Å². The van der Waals surface area contributed by atoms with Crippen molar-refractivity contribution >= 4 is 17.6 Å². The van der Waals surface area contributed by atoms with Crippen molar-refractivity contribution in [2.45, 2.75) is 32.2 Å². The van der Waals surface area contributed by atoms with Crippen molar-refractivity contribution < 1.29 is 24.2 Å². The van der Waals surface area contributed by atoms with E-state index in [2.05, 4.69) is 5.10 Å². The number of carboxylic acid groups (broad SMARTS) is 1. The highest BCUT2D eigenvalue weighted by Crippen LogP contribution is 2.35. The minimum Gasteiger partial charge on any atom is -0.497 e. The first kappa shape index (κ1) is 20.4. The van der Waals surface area contributed by atoms with E-state index < -0.39 is 5.97 Å². The zero-order chi connectivity index (χ0) is 21.0. The number of hydrogen-bond acceptors (Lipinski definition) is 5. The van der Waals surface area contributed by atoms with E-state index in [-0.39, 0.29) is 24.8 Å². The first-order chi connectivity index (χ1) is 13.9. The molecule has 0 saturated carbocycles. The molecule has 29 heavy (non-hydrogen) atoms. The van der Waals surface area contributed by atoms with Crippen molar-refractivity contribution in [3.8, 4) is 11.5 Å². The molecule has 1 heterocycles. The summed E-state index contributed by atoms with van der Waals surface area (Å²) < 4.78 is 10.7. The van der Waals surface area contributed by atoms with Crippen LogP contribution in [-0.4, -0.2) is 41.9 Å². The Morgan fingerprint density at radius 3 is 2.38 bits per heavy atom. The summed E-state index contributed by atoms with van der Waals surface area (Å²) in [6, 6.07) is 13.1. The van der Waals surface area contributed by atoms with E-state index in [1.165, 1.54) is 5.01 Å². The normalized spacial score (nSPS) is 15.8. The van der Waals surface area contributed by atoms with Gasteiger partial charge in [0.1, 0.15) is 11.5 Å². The molecule has 0 spiro atoms. The molecule has 1 aliphatic rings. The van der Waals surface area contributed by atoms with Crippen LogP contribution in [0.15, 0.2) is 47.6 Å². The molecule has 1 amide bonds. The highest BCUT2D eigenvalue weighted by molar-refractivity contribution is 6.03. The van der Waals surface area contributed by atoms with Crippen LogP contribution in [0, 0.1) is 6.92 Å². The highest BCUT2D eigenvalue weighted by atomic mass is 16.5. The van der Waals surface area contributed by atoms with Gasteiger partial charge in [-0.3, -0.25) is 9.59 Å². The molecule has 0 aliphatic carbocycles. The van der Waals surface area contributed by atoms with Gasteiger partial charge in [0, 0.05) is 24.5 Å². The molecule has 3 rings (SSSR count). The van der Waals surface area contributed by atoms with E-state index in [1.54, 1.807) is 20.3 Å². The zero-order valence-electron chi connectivity index (χ0n) is 16.7. The summed E-state index contributed by atoms with van der Waals surface area (Å²) in [4.78, 5) is 23.7. The van der Waals surface area contributed by atoms with Gasteiger partial charge in [-0.1, -0.05) is 29.8 Å². The number of benzene rings is 2. The van der Waals surface area contributed by atoms with Crippen molar-refractivity contribution in [2.75, 3.05) is 14.2 Å². The van der Waals surface area contributed by atoms with Gasteiger partial charge in [-0.15, -0.1) is 0 Å². The molecule has 0 unspecified atom stereocenters. The number of aliphatic carboxylic acids is 1. The Labute approximate surface area is 169 Å². The number of hydrazone groups is 1. The second-order valence-electron chi connectivity index (χ2n) is 6.91. The Kier molecular flexibility index (Phi) is 6.16. The molecule has 1 aliphatic heterocycles. The Morgan fingerprint density at radius 1 is 1.10 bits per heavy atom. The van der Waals surface area contributed by atoms with E-state index in [9.17, 15) is 9.59 Å². The second kappa shape index (κ2) is 8.77. The number of hydrogen-bond donors (Lipinski definition) is 1. The minimum absolute atomic E-state index is 0.101. The number of rotatable bonds is 7. The molecule has 1 N–H and O–H groups in total. The highest BCUT2D eigenvalue weighted by Gasteiger charge is 2.33. The van der Waals surface area contributed by atoms with Gasteiger partial charge in [0.05, 0.1) is 32.4 Å². The molecule has 2 aromatic rings. The van der Waals surface area contributed by atoms with Gasteiger partial charge in [0.2, 0.25) is 5.91 Å². The van der Waals surface area contributed by atoms with E-state index in [0.29, 0.717) is 17.9 Å². The summed E-state index contributed by atoms with van der Waals surface area (Å²) in [5.74, 6) is -0.0650. The third-order valence-electron chi connectivity index (χ3n) is 4.83. The van der Waals surface area contributed by atoms with Crippen molar-refractivity contribution in [1.29, 1.82) is 0 Å². The van der Waals surface area contributed by atoms with Gasteiger partial charge in [0.25, 0.3) is 0 Å². The van der Waals surface area contributed by atoms with Gasteiger partial charge < -0.3 is 14.6 Å². The molecule has 7 heteroatoms. The quantitative estimate of drug-likeness (QED) is 0.773. The van der Waals surface area contributed by atoms with E-state index in [1.807, 2.05) is 43.3 Å². The molecule has 1 atom stereocenters. The van der Waals surface area contributed by atoms with Crippen LogP contribution in [0.2, 0.25) is 0 Å². The summed E-state index contributed by atoms with van der Waals surface area (Å²) >= 11 is 0. The SMILES string of the molecule is COc1cc(OC)cc(C2=NN(C(=O)CCC(=O)O)[C@@H](c3cccc(C)c3)C2)c1. The Bertz CT molecular complexity index is 932. The number of aryl methyl sites for hydroxylation is 1. The molecule has 2 aromatic carbocycles. The maximum Gasteiger partial charge on any atom is 0.303 e. The number of carbonyl (C=O) groups is 2. The predicted molar refractivity (Wildman–Crippen MR) is 108 cm³/mol. The average Bonchev–Trinajstić information content (AvgIpc) is 3.17. The first-order valence-electron chi connectivity index (χ1n) is 9.32. The van der Waals surface area contributed by atoms with Crippen LogP contribution in [0.4, 0.5) is 0 Å². The fourth-order valence-electron chi connectivity index (χ4n) is 3.35. The lowest BCUT2D eigenvalue weighted by atomic mass is 9.97. The summed E-state index contributed by atoms with van der Waals surface area (Å²) in [5, 5.41) is 14.9. The fourth-order valence-corrected chi connectivity index (χ4v) is 3.35. The van der Waals surface area contributed by atoms with Gasteiger partial charge >= 0.3 is 5.97 Å². The van der Waals surface area contributed by atoms with E-state index in [0.717, 1.165) is 22.4 Å². The standard InChI is InChI=1S/C22H24N2O5/c1-14-5-4-6-15(9-14)20-13-19(23-24(20)21(25)7-8-22(26)27)16-10-17(28-2)12-18(11-16)29-3/h4-6,9-12,20H,7-8,13H2,1-3H3,(H,26,27)/t20-/m1/s1. The fraction of sp³-hybridized carbons (Fsp3) is 0.318. The molecular formula is C22H24N2O5.